The van der Waals surface area contributed by atoms with Gasteiger partial charge < -0.3 is 0 Å². The van der Waals surface area contributed by atoms with E-state index in [0.717, 1.165) is 16.6 Å². The third-order valence-electron chi connectivity index (χ3n) is 2.26. The predicted molar refractivity (Wildman–Crippen MR) is 80.6 cm³/mol. The number of thiophene rings is 1. The predicted octanol–water partition coefficient (Wildman–Crippen LogP) is 1.84. The van der Waals surface area contributed by atoms with E-state index in [4.69, 9.17) is 16.8 Å². The van der Waals surface area contributed by atoms with Crippen molar-refractivity contribution in [2.75, 3.05) is 12.3 Å². The Morgan fingerprint density at radius 2 is 2.21 bits per heavy atom. The van der Waals surface area contributed by atoms with Gasteiger partial charge in [-0.3, -0.25) is 14.2 Å². The summed E-state index contributed by atoms with van der Waals surface area (Å²) in [4.78, 5) is 14.6. The maximum Gasteiger partial charge on any atom is 0.266 e. The summed E-state index contributed by atoms with van der Waals surface area (Å²) in [6, 6.07) is 3.74. The molecule has 1 aliphatic heterocycles. The average molecular weight is 335 g/mol. The van der Waals surface area contributed by atoms with E-state index in [9.17, 15) is 13.2 Å². The standard InChI is InChI=1S/C10H9NO4S4/c12-9-8(6-7-2-1-4-17-7)18-10(16)11(9)3-5-19(13,14)15/h1-2,4,6H,3,5H2,(H,13,14,15)/b8-6+. The van der Waals surface area contributed by atoms with Gasteiger partial charge in [0, 0.05) is 11.4 Å². The summed E-state index contributed by atoms with van der Waals surface area (Å²) in [5.41, 5.74) is 0. The molecule has 1 fully saturated rings. The summed E-state index contributed by atoms with van der Waals surface area (Å²) < 4.78 is 30.4. The molecule has 0 spiro atoms. The molecule has 0 radical (unpaired) electrons. The van der Waals surface area contributed by atoms with Crippen LogP contribution in [0.15, 0.2) is 22.4 Å². The second-order valence-corrected chi connectivity index (χ2v) is 7.86. The lowest BCUT2D eigenvalue weighted by Crippen LogP contribution is -2.32. The van der Waals surface area contributed by atoms with Crippen molar-refractivity contribution >= 4 is 61.7 Å². The lowest BCUT2D eigenvalue weighted by molar-refractivity contribution is -0.121. The van der Waals surface area contributed by atoms with Gasteiger partial charge in [0.25, 0.3) is 16.0 Å². The zero-order chi connectivity index (χ0) is 14.0. The second-order valence-electron chi connectivity index (χ2n) is 3.63. The van der Waals surface area contributed by atoms with Gasteiger partial charge in [0.05, 0.1) is 10.7 Å². The molecule has 0 aliphatic carbocycles. The van der Waals surface area contributed by atoms with E-state index in [1.54, 1.807) is 6.08 Å². The van der Waals surface area contributed by atoms with E-state index < -0.39 is 15.9 Å². The van der Waals surface area contributed by atoms with E-state index in [0.29, 0.717) is 9.23 Å². The first-order chi connectivity index (χ1) is 8.87. The lowest BCUT2D eigenvalue weighted by atomic mass is 10.4. The summed E-state index contributed by atoms with van der Waals surface area (Å²) in [5.74, 6) is -0.849. The minimum atomic E-state index is -4.11. The van der Waals surface area contributed by atoms with Gasteiger partial charge in [-0.25, -0.2) is 0 Å². The fourth-order valence-electron chi connectivity index (χ4n) is 1.40. The third-order valence-corrected chi connectivity index (χ3v) is 5.16. The van der Waals surface area contributed by atoms with Gasteiger partial charge in [-0.05, 0) is 17.5 Å². The summed E-state index contributed by atoms with van der Waals surface area (Å²) in [7, 11) is -4.11. The number of hydrogen-bond donors (Lipinski definition) is 1. The maximum atomic E-state index is 12.0. The van der Waals surface area contributed by atoms with E-state index in [-0.39, 0.29) is 12.5 Å². The maximum absolute atomic E-state index is 12.0. The van der Waals surface area contributed by atoms with Crippen LogP contribution in [0.4, 0.5) is 0 Å². The minimum absolute atomic E-state index is 0.134. The number of thiocarbonyl (C=S) groups is 1. The highest BCUT2D eigenvalue weighted by Gasteiger charge is 2.32. The molecule has 19 heavy (non-hydrogen) atoms. The summed E-state index contributed by atoms with van der Waals surface area (Å²) >= 11 is 7.65. The molecule has 1 aliphatic rings. The van der Waals surface area contributed by atoms with Crippen LogP contribution >= 0.6 is 35.3 Å². The van der Waals surface area contributed by atoms with Crippen molar-refractivity contribution in [3.8, 4) is 0 Å². The van der Waals surface area contributed by atoms with Gasteiger partial charge >= 0.3 is 0 Å². The van der Waals surface area contributed by atoms with E-state index in [1.165, 1.54) is 16.2 Å². The van der Waals surface area contributed by atoms with Crippen LogP contribution in [0.1, 0.15) is 4.88 Å². The van der Waals surface area contributed by atoms with Crippen molar-refractivity contribution in [3.05, 3.63) is 27.3 Å². The second kappa shape index (κ2) is 5.71. The van der Waals surface area contributed by atoms with Crippen molar-refractivity contribution in [2.45, 2.75) is 0 Å². The van der Waals surface area contributed by atoms with Crippen molar-refractivity contribution < 1.29 is 17.8 Å². The molecule has 0 saturated carbocycles. The fraction of sp³-hybridized carbons (Fsp3) is 0.200. The molecule has 9 heteroatoms. The summed E-state index contributed by atoms with van der Waals surface area (Å²) in [6.07, 6.45) is 1.72. The molecule has 1 aromatic rings. The molecular weight excluding hydrogens is 326 g/mol. The summed E-state index contributed by atoms with van der Waals surface area (Å²) in [6.45, 7) is -0.134. The average Bonchev–Trinajstić information content (AvgIpc) is 2.87. The lowest BCUT2D eigenvalue weighted by Gasteiger charge is -2.12. The molecule has 102 valence electrons. The third kappa shape index (κ3) is 3.86. The zero-order valence-corrected chi connectivity index (χ0v) is 12.7. The Morgan fingerprint density at radius 3 is 2.79 bits per heavy atom. The van der Waals surface area contributed by atoms with Gasteiger partial charge in [-0.2, -0.15) is 8.42 Å². The summed E-state index contributed by atoms with van der Waals surface area (Å²) in [5, 5.41) is 1.89. The fourth-order valence-corrected chi connectivity index (χ4v) is 3.85. The van der Waals surface area contributed by atoms with Gasteiger partial charge in [-0.15, -0.1) is 11.3 Å². The zero-order valence-electron chi connectivity index (χ0n) is 9.48. The Kier molecular flexibility index (Phi) is 4.41. The Morgan fingerprint density at radius 1 is 1.47 bits per heavy atom. The van der Waals surface area contributed by atoms with E-state index in [1.807, 2.05) is 17.5 Å². The van der Waals surface area contributed by atoms with Gasteiger partial charge in [0.1, 0.15) is 4.32 Å². The first-order valence-electron chi connectivity index (χ1n) is 5.11. The van der Waals surface area contributed by atoms with E-state index >= 15 is 0 Å². The van der Waals surface area contributed by atoms with Crippen molar-refractivity contribution in [1.82, 2.24) is 4.90 Å². The quantitative estimate of drug-likeness (QED) is 0.514. The first kappa shape index (κ1) is 14.7. The molecule has 5 nitrogen and oxygen atoms in total. The van der Waals surface area contributed by atoms with Crippen LogP contribution in [0.5, 0.6) is 0 Å². The van der Waals surface area contributed by atoms with Crippen molar-refractivity contribution in [1.29, 1.82) is 0 Å². The molecule has 0 bridgehead atoms. The molecule has 0 unspecified atom stereocenters. The minimum Gasteiger partial charge on any atom is -0.292 e. The smallest absolute Gasteiger partial charge is 0.266 e. The Balaban J connectivity index is 2.13. The van der Waals surface area contributed by atoms with Crippen LogP contribution in [-0.2, 0) is 14.9 Å². The van der Waals surface area contributed by atoms with Crippen molar-refractivity contribution in [2.24, 2.45) is 0 Å². The molecule has 1 saturated heterocycles. The van der Waals surface area contributed by atoms with Crippen LogP contribution in [0.2, 0.25) is 0 Å². The van der Waals surface area contributed by atoms with Gasteiger partial charge in [0.15, 0.2) is 0 Å². The molecule has 1 aromatic heterocycles. The highest BCUT2D eigenvalue weighted by molar-refractivity contribution is 8.26. The number of carbonyl (C=O) groups is 1. The largest absolute Gasteiger partial charge is 0.292 e. The highest BCUT2D eigenvalue weighted by Crippen LogP contribution is 2.33. The Bertz CT molecular complexity index is 632. The van der Waals surface area contributed by atoms with Crippen LogP contribution in [0.3, 0.4) is 0 Å². The Labute approximate surface area is 124 Å². The highest BCUT2D eigenvalue weighted by atomic mass is 32.2. The van der Waals surface area contributed by atoms with Crippen LogP contribution in [-0.4, -0.2) is 40.4 Å². The molecule has 0 atom stereocenters. The topological polar surface area (TPSA) is 74.7 Å². The number of hydrogen-bond acceptors (Lipinski definition) is 6. The number of amides is 1. The molecule has 0 aromatic carbocycles. The van der Waals surface area contributed by atoms with Crippen LogP contribution < -0.4 is 0 Å². The number of thioether (sulfide) groups is 1. The molecule has 1 N–H and O–H groups in total. The molecule has 2 rings (SSSR count). The molecule has 1 amide bonds. The SMILES string of the molecule is O=C1/C(=C\c2cccs2)SC(=S)N1CCS(=O)(=O)O. The molecular formula is C10H9NO4S4. The monoisotopic (exact) mass is 335 g/mol. The normalized spacial score (nSPS) is 18.6. The number of rotatable bonds is 4. The van der Waals surface area contributed by atoms with Crippen LogP contribution in [0.25, 0.3) is 6.08 Å². The van der Waals surface area contributed by atoms with E-state index in [2.05, 4.69) is 0 Å². The number of nitrogens with zero attached hydrogens (tertiary/aromatic N) is 1. The van der Waals surface area contributed by atoms with Gasteiger partial charge in [0.2, 0.25) is 0 Å². The Hall–Kier alpha value is -0.740. The van der Waals surface area contributed by atoms with Gasteiger partial charge in [-0.1, -0.05) is 30.0 Å². The molecule has 2 heterocycles. The first-order valence-corrected chi connectivity index (χ1v) is 8.82. The van der Waals surface area contributed by atoms with Crippen LogP contribution in [0, 0.1) is 0 Å². The van der Waals surface area contributed by atoms with Crippen molar-refractivity contribution in [3.63, 3.8) is 0 Å². The number of carbonyl (C=O) groups excluding carboxylic acids is 1.